The van der Waals surface area contributed by atoms with Gasteiger partial charge in [0.1, 0.15) is 11.6 Å². The van der Waals surface area contributed by atoms with Crippen LogP contribution in [0.1, 0.15) is 5.82 Å². The van der Waals surface area contributed by atoms with Crippen molar-refractivity contribution in [3.05, 3.63) is 34.1 Å². The molecule has 0 fully saturated rings. The Morgan fingerprint density at radius 3 is 2.80 bits per heavy atom. The summed E-state index contributed by atoms with van der Waals surface area (Å²) in [6.45, 7) is 0.887. The van der Waals surface area contributed by atoms with Crippen molar-refractivity contribution in [1.29, 1.82) is 0 Å². The molecule has 108 valence electrons. The van der Waals surface area contributed by atoms with Gasteiger partial charge in [0.2, 0.25) is 0 Å². The van der Waals surface area contributed by atoms with Crippen LogP contribution >= 0.6 is 35.0 Å². The molecule has 0 amide bonds. The highest BCUT2D eigenvalue weighted by atomic mass is 35.5. The molecule has 0 aliphatic rings. The van der Waals surface area contributed by atoms with Gasteiger partial charge in [0.05, 0.1) is 18.2 Å². The maximum absolute atomic E-state index is 6.02. The summed E-state index contributed by atoms with van der Waals surface area (Å²) in [5.41, 5.74) is 5.54. The molecule has 1 aromatic carbocycles. The van der Waals surface area contributed by atoms with Crippen LogP contribution in [0.4, 0.5) is 0 Å². The second-order valence-corrected chi connectivity index (χ2v) is 5.84. The van der Waals surface area contributed by atoms with Crippen LogP contribution in [0.2, 0.25) is 10.0 Å². The number of hydrogen-bond acceptors (Lipinski definition) is 5. The van der Waals surface area contributed by atoms with E-state index in [1.165, 1.54) is 0 Å². The summed E-state index contributed by atoms with van der Waals surface area (Å²) in [4.78, 5) is 0. The van der Waals surface area contributed by atoms with Crippen LogP contribution in [0.3, 0.4) is 0 Å². The standard InChI is InChI=1S/C12H14Cl2N4OS/c1-18-11(7-15)16-17-12(18)20-5-4-19-10-3-2-8(13)6-9(10)14/h2-3,6H,4-5,7,15H2,1H3. The molecule has 8 heteroatoms. The molecule has 2 aromatic rings. The van der Waals surface area contributed by atoms with Gasteiger partial charge in [-0.25, -0.2) is 0 Å². The lowest BCUT2D eigenvalue weighted by molar-refractivity contribution is 0.344. The maximum Gasteiger partial charge on any atom is 0.191 e. The number of nitrogens with zero attached hydrogens (tertiary/aromatic N) is 3. The topological polar surface area (TPSA) is 66.0 Å². The van der Waals surface area contributed by atoms with Crippen LogP contribution in [-0.2, 0) is 13.6 Å². The highest BCUT2D eigenvalue weighted by Gasteiger charge is 2.08. The van der Waals surface area contributed by atoms with Gasteiger partial charge in [0.15, 0.2) is 5.16 Å². The molecule has 0 aliphatic carbocycles. The molecular weight excluding hydrogens is 319 g/mol. The number of thioether (sulfide) groups is 1. The highest BCUT2D eigenvalue weighted by Crippen LogP contribution is 2.27. The SMILES string of the molecule is Cn1c(CN)nnc1SCCOc1ccc(Cl)cc1Cl. The summed E-state index contributed by atoms with van der Waals surface area (Å²) < 4.78 is 7.47. The molecule has 1 aromatic heterocycles. The number of aromatic nitrogens is 3. The van der Waals surface area contributed by atoms with Gasteiger partial charge in [-0.15, -0.1) is 10.2 Å². The van der Waals surface area contributed by atoms with Crippen molar-refractivity contribution in [3.63, 3.8) is 0 Å². The summed E-state index contributed by atoms with van der Waals surface area (Å²) in [7, 11) is 1.89. The van der Waals surface area contributed by atoms with Crippen molar-refractivity contribution in [1.82, 2.24) is 14.8 Å². The van der Waals surface area contributed by atoms with Crippen molar-refractivity contribution in [3.8, 4) is 5.75 Å². The van der Waals surface area contributed by atoms with Gasteiger partial charge in [0, 0.05) is 17.8 Å². The van der Waals surface area contributed by atoms with Crippen LogP contribution < -0.4 is 10.5 Å². The zero-order chi connectivity index (χ0) is 14.5. The average Bonchev–Trinajstić information content (AvgIpc) is 2.77. The first kappa shape index (κ1) is 15.4. The quantitative estimate of drug-likeness (QED) is 0.650. The van der Waals surface area contributed by atoms with E-state index >= 15 is 0 Å². The van der Waals surface area contributed by atoms with E-state index in [2.05, 4.69) is 10.2 Å². The molecule has 0 aliphatic heterocycles. The van der Waals surface area contributed by atoms with Crippen LogP contribution in [0.5, 0.6) is 5.75 Å². The summed E-state index contributed by atoms with van der Waals surface area (Å²) in [6.07, 6.45) is 0. The molecular formula is C12H14Cl2N4OS. The fourth-order valence-corrected chi connectivity index (χ4v) is 2.74. The number of benzene rings is 1. The van der Waals surface area contributed by atoms with E-state index in [4.69, 9.17) is 33.7 Å². The lowest BCUT2D eigenvalue weighted by atomic mass is 10.3. The first-order chi connectivity index (χ1) is 9.61. The van der Waals surface area contributed by atoms with Crippen molar-refractivity contribution in [2.75, 3.05) is 12.4 Å². The molecule has 1 heterocycles. The second kappa shape index (κ2) is 7.17. The fraction of sp³-hybridized carbons (Fsp3) is 0.333. The molecule has 0 saturated carbocycles. The van der Waals surface area contributed by atoms with Crippen LogP contribution in [0.15, 0.2) is 23.4 Å². The maximum atomic E-state index is 6.02. The van der Waals surface area contributed by atoms with Gasteiger partial charge in [-0.05, 0) is 18.2 Å². The van der Waals surface area contributed by atoms with E-state index in [1.54, 1.807) is 30.0 Å². The minimum atomic E-state index is 0.376. The highest BCUT2D eigenvalue weighted by molar-refractivity contribution is 7.99. The molecule has 5 nitrogen and oxygen atoms in total. The average molecular weight is 333 g/mol. The molecule has 0 atom stereocenters. The van der Waals surface area contributed by atoms with Crippen molar-refractivity contribution < 1.29 is 4.74 Å². The van der Waals surface area contributed by atoms with Crippen LogP contribution in [-0.4, -0.2) is 27.1 Å². The number of hydrogen-bond donors (Lipinski definition) is 1. The van der Waals surface area contributed by atoms with Crippen molar-refractivity contribution in [2.45, 2.75) is 11.7 Å². The van der Waals surface area contributed by atoms with Crippen LogP contribution in [0, 0.1) is 0 Å². The number of ether oxygens (including phenoxy) is 1. The third-order valence-corrected chi connectivity index (χ3v) is 4.09. The molecule has 2 N–H and O–H groups in total. The smallest absolute Gasteiger partial charge is 0.191 e. The Bertz CT molecular complexity index is 591. The third-order valence-electron chi connectivity index (χ3n) is 2.57. The minimum Gasteiger partial charge on any atom is -0.491 e. The second-order valence-electron chi connectivity index (χ2n) is 3.93. The van der Waals surface area contributed by atoms with Crippen molar-refractivity contribution in [2.24, 2.45) is 12.8 Å². The van der Waals surface area contributed by atoms with Gasteiger partial charge in [-0.1, -0.05) is 35.0 Å². The van der Waals surface area contributed by atoms with E-state index in [-0.39, 0.29) is 0 Å². The zero-order valence-electron chi connectivity index (χ0n) is 10.8. The van der Waals surface area contributed by atoms with Crippen LogP contribution in [0.25, 0.3) is 0 Å². The fourth-order valence-electron chi connectivity index (χ4n) is 1.53. The third kappa shape index (κ3) is 3.79. The first-order valence-electron chi connectivity index (χ1n) is 5.91. The predicted octanol–water partition coefficient (Wildman–Crippen LogP) is 2.75. The summed E-state index contributed by atoms with van der Waals surface area (Å²) in [6, 6.07) is 5.15. The molecule has 0 radical (unpaired) electrons. The largest absolute Gasteiger partial charge is 0.491 e. The summed E-state index contributed by atoms with van der Waals surface area (Å²) >= 11 is 13.4. The molecule has 0 saturated heterocycles. The van der Waals surface area contributed by atoms with Gasteiger partial charge in [-0.3, -0.25) is 0 Å². The van der Waals surface area contributed by atoms with E-state index in [0.717, 1.165) is 16.7 Å². The first-order valence-corrected chi connectivity index (χ1v) is 7.65. The summed E-state index contributed by atoms with van der Waals surface area (Å²) in [5, 5.41) is 9.95. The number of halogens is 2. The molecule has 20 heavy (non-hydrogen) atoms. The Kier molecular flexibility index (Phi) is 5.54. The molecule has 0 unspecified atom stereocenters. The Balaban J connectivity index is 1.83. The molecule has 0 spiro atoms. The van der Waals surface area contributed by atoms with E-state index in [1.807, 2.05) is 11.6 Å². The normalized spacial score (nSPS) is 10.8. The lowest BCUT2D eigenvalue weighted by Gasteiger charge is -2.08. The van der Waals surface area contributed by atoms with E-state index in [9.17, 15) is 0 Å². The Labute approximate surface area is 131 Å². The zero-order valence-corrected chi connectivity index (χ0v) is 13.2. The van der Waals surface area contributed by atoms with Gasteiger partial charge in [0.25, 0.3) is 0 Å². The van der Waals surface area contributed by atoms with Gasteiger partial charge < -0.3 is 15.0 Å². The van der Waals surface area contributed by atoms with Crippen molar-refractivity contribution >= 4 is 35.0 Å². The summed E-state index contributed by atoms with van der Waals surface area (Å²) in [5.74, 6) is 2.11. The number of rotatable bonds is 6. The Morgan fingerprint density at radius 1 is 1.35 bits per heavy atom. The monoisotopic (exact) mass is 332 g/mol. The van der Waals surface area contributed by atoms with E-state index in [0.29, 0.717) is 28.9 Å². The Morgan fingerprint density at radius 2 is 2.15 bits per heavy atom. The number of nitrogens with two attached hydrogens (primary N) is 1. The van der Waals surface area contributed by atoms with Gasteiger partial charge >= 0.3 is 0 Å². The molecule has 0 bridgehead atoms. The molecule has 2 rings (SSSR count). The van der Waals surface area contributed by atoms with E-state index < -0.39 is 0 Å². The minimum absolute atomic E-state index is 0.376. The Hall–Kier alpha value is -0.950. The van der Waals surface area contributed by atoms with Gasteiger partial charge in [-0.2, -0.15) is 0 Å². The predicted molar refractivity (Wildman–Crippen MR) is 81.6 cm³/mol. The lowest BCUT2D eigenvalue weighted by Crippen LogP contribution is -2.06.